The Hall–Kier alpha value is -1.26. The van der Waals surface area contributed by atoms with Gasteiger partial charge in [0.2, 0.25) is 5.91 Å². The molecule has 1 saturated heterocycles. The maximum atomic E-state index is 11.8. The van der Waals surface area contributed by atoms with Crippen LogP contribution in [0.3, 0.4) is 0 Å². The van der Waals surface area contributed by atoms with Crippen LogP contribution in [0.1, 0.15) is 32.1 Å². The first kappa shape index (κ1) is 11.2. The van der Waals surface area contributed by atoms with Gasteiger partial charge in [0.1, 0.15) is 5.84 Å². The minimum absolute atomic E-state index is 0.134. The summed E-state index contributed by atoms with van der Waals surface area (Å²) in [6.45, 7) is 1.48. The Kier molecular flexibility index (Phi) is 3.31. The normalized spacial score (nSPS) is 23.5. The second-order valence-electron chi connectivity index (χ2n) is 4.83. The van der Waals surface area contributed by atoms with Crippen molar-refractivity contribution < 1.29 is 10.0 Å². The number of nitrogens with two attached hydrogens (primary N) is 1. The molecule has 2 aliphatic rings. The molecule has 0 aromatic heterocycles. The minimum Gasteiger partial charge on any atom is -0.409 e. The Bertz CT molecular complexity index is 292. The van der Waals surface area contributed by atoms with Crippen LogP contribution in [0.4, 0.5) is 0 Å². The monoisotopic (exact) mass is 225 g/mol. The Morgan fingerprint density at radius 2 is 1.94 bits per heavy atom. The van der Waals surface area contributed by atoms with E-state index in [1.807, 2.05) is 4.90 Å². The molecule has 1 aliphatic carbocycles. The van der Waals surface area contributed by atoms with Crippen LogP contribution >= 0.6 is 0 Å². The number of carbonyl (C=O) groups excluding carboxylic acids is 1. The molecule has 1 aliphatic heterocycles. The van der Waals surface area contributed by atoms with Gasteiger partial charge >= 0.3 is 0 Å². The lowest BCUT2D eigenvalue weighted by Gasteiger charge is -2.31. The molecule has 0 spiro atoms. The van der Waals surface area contributed by atoms with E-state index in [4.69, 9.17) is 10.9 Å². The molecule has 0 aromatic rings. The standard InChI is InChI=1S/C11H19N3O2/c12-11(13-16)9-3-5-14(6-4-9)10(15)7-8-1-2-8/h8-9,16H,1-7H2,(H2,12,13). The van der Waals surface area contributed by atoms with Gasteiger partial charge in [0.05, 0.1) is 0 Å². The van der Waals surface area contributed by atoms with Crippen LogP contribution in [0.15, 0.2) is 5.16 Å². The van der Waals surface area contributed by atoms with Crippen LogP contribution in [-0.2, 0) is 4.79 Å². The summed E-state index contributed by atoms with van der Waals surface area (Å²) >= 11 is 0. The molecule has 0 radical (unpaired) electrons. The van der Waals surface area contributed by atoms with Crippen molar-refractivity contribution in [3.05, 3.63) is 0 Å². The summed E-state index contributed by atoms with van der Waals surface area (Å²) < 4.78 is 0. The van der Waals surface area contributed by atoms with Crippen molar-refractivity contribution in [1.82, 2.24) is 4.90 Å². The van der Waals surface area contributed by atoms with E-state index in [-0.39, 0.29) is 11.8 Å². The van der Waals surface area contributed by atoms with E-state index in [9.17, 15) is 4.79 Å². The number of nitrogens with zero attached hydrogens (tertiary/aromatic N) is 2. The van der Waals surface area contributed by atoms with Crippen molar-refractivity contribution in [3.63, 3.8) is 0 Å². The minimum atomic E-state index is 0.134. The molecule has 2 rings (SSSR count). The third-order valence-corrected chi connectivity index (χ3v) is 3.54. The van der Waals surface area contributed by atoms with Crippen LogP contribution in [0, 0.1) is 11.8 Å². The highest BCUT2D eigenvalue weighted by Gasteiger charge is 2.29. The van der Waals surface area contributed by atoms with Gasteiger partial charge in [-0.2, -0.15) is 0 Å². The molecule has 90 valence electrons. The van der Waals surface area contributed by atoms with Crippen molar-refractivity contribution >= 4 is 11.7 Å². The molecule has 0 bridgehead atoms. The van der Waals surface area contributed by atoms with Crippen molar-refractivity contribution in [2.75, 3.05) is 13.1 Å². The average molecular weight is 225 g/mol. The Balaban J connectivity index is 1.77. The summed E-state index contributed by atoms with van der Waals surface area (Å²) in [5.41, 5.74) is 5.56. The molecular formula is C11H19N3O2. The molecule has 5 heteroatoms. The summed E-state index contributed by atoms with van der Waals surface area (Å²) in [7, 11) is 0. The van der Waals surface area contributed by atoms with Crippen molar-refractivity contribution in [2.24, 2.45) is 22.7 Å². The molecule has 0 atom stereocenters. The number of rotatable bonds is 3. The van der Waals surface area contributed by atoms with Gasteiger partial charge in [-0.3, -0.25) is 4.79 Å². The number of amidine groups is 1. The number of hydrogen-bond acceptors (Lipinski definition) is 3. The quantitative estimate of drug-likeness (QED) is 0.322. The first-order chi connectivity index (χ1) is 7.70. The van der Waals surface area contributed by atoms with Crippen molar-refractivity contribution in [1.29, 1.82) is 0 Å². The molecule has 3 N–H and O–H groups in total. The topological polar surface area (TPSA) is 78.9 Å². The third kappa shape index (κ3) is 2.65. The SMILES string of the molecule is NC(=NO)C1CCN(C(=O)CC2CC2)CC1. The van der Waals surface area contributed by atoms with Crippen LogP contribution in [0.25, 0.3) is 0 Å². The van der Waals surface area contributed by atoms with Gasteiger partial charge in [0, 0.05) is 25.4 Å². The van der Waals surface area contributed by atoms with Gasteiger partial charge in [-0.25, -0.2) is 0 Å². The zero-order chi connectivity index (χ0) is 11.5. The maximum absolute atomic E-state index is 11.8. The van der Waals surface area contributed by atoms with Gasteiger partial charge in [0.25, 0.3) is 0 Å². The number of carbonyl (C=O) groups is 1. The number of piperidine rings is 1. The highest BCUT2D eigenvalue weighted by atomic mass is 16.4. The smallest absolute Gasteiger partial charge is 0.222 e. The van der Waals surface area contributed by atoms with Crippen molar-refractivity contribution in [3.8, 4) is 0 Å². The van der Waals surface area contributed by atoms with Crippen LogP contribution in [0.2, 0.25) is 0 Å². The number of hydrogen-bond donors (Lipinski definition) is 2. The molecule has 16 heavy (non-hydrogen) atoms. The fourth-order valence-electron chi connectivity index (χ4n) is 2.20. The third-order valence-electron chi connectivity index (χ3n) is 3.54. The van der Waals surface area contributed by atoms with Crippen LogP contribution < -0.4 is 5.73 Å². The Labute approximate surface area is 95.3 Å². The van der Waals surface area contributed by atoms with E-state index >= 15 is 0 Å². The van der Waals surface area contributed by atoms with Gasteiger partial charge in [-0.15, -0.1) is 0 Å². The molecular weight excluding hydrogens is 206 g/mol. The predicted molar refractivity (Wildman–Crippen MR) is 60.1 cm³/mol. The van der Waals surface area contributed by atoms with Gasteiger partial charge in [-0.05, 0) is 31.6 Å². The largest absolute Gasteiger partial charge is 0.409 e. The Morgan fingerprint density at radius 3 is 2.44 bits per heavy atom. The number of oxime groups is 1. The zero-order valence-corrected chi connectivity index (χ0v) is 9.43. The van der Waals surface area contributed by atoms with Crippen LogP contribution in [-0.4, -0.2) is 34.9 Å². The molecule has 5 nitrogen and oxygen atoms in total. The summed E-state index contributed by atoms with van der Waals surface area (Å²) in [6.07, 6.45) is 4.77. The van der Waals surface area contributed by atoms with E-state index in [1.54, 1.807) is 0 Å². The summed E-state index contributed by atoms with van der Waals surface area (Å²) in [4.78, 5) is 13.7. The second-order valence-corrected chi connectivity index (χ2v) is 4.83. The second kappa shape index (κ2) is 4.72. The summed E-state index contributed by atoms with van der Waals surface area (Å²) in [6, 6.07) is 0. The first-order valence-electron chi connectivity index (χ1n) is 5.96. The summed E-state index contributed by atoms with van der Waals surface area (Å²) in [5.74, 6) is 1.36. The van der Waals surface area contributed by atoms with E-state index in [2.05, 4.69) is 5.16 Å². The van der Waals surface area contributed by atoms with Gasteiger partial charge < -0.3 is 15.8 Å². The average Bonchev–Trinajstić information content (AvgIpc) is 3.12. The lowest BCUT2D eigenvalue weighted by atomic mass is 9.95. The lowest BCUT2D eigenvalue weighted by molar-refractivity contribution is -0.132. The molecule has 1 saturated carbocycles. The van der Waals surface area contributed by atoms with Crippen molar-refractivity contribution in [2.45, 2.75) is 32.1 Å². The molecule has 0 unspecified atom stereocenters. The fraction of sp³-hybridized carbons (Fsp3) is 0.818. The number of amides is 1. The molecule has 1 amide bonds. The van der Waals surface area contributed by atoms with E-state index in [0.717, 1.165) is 25.9 Å². The predicted octanol–water partition coefficient (Wildman–Crippen LogP) is 0.771. The highest BCUT2D eigenvalue weighted by molar-refractivity contribution is 5.83. The molecule has 1 heterocycles. The van der Waals surface area contributed by atoms with Crippen LogP contribution in [0.5, 0.6) is 0 Å². The first-order valence-corrected chi connectivity index (χ1v) is 5.96. The van der Waals surface area contributed by atoms with E-state index in [1.165, 1.54) is 12.8 Å². The van der Waals surface area contributed by atoms with Gasteiger partial charge in [0.15, 0.2) is 0 Å². The fourth-order valence-corrected chi connectivity index (χ4v) is 2.20. The summed E-state index contributed by atoms with van der Waals surface area (Å²) in [5, 5.41) is 11.6. The zero-order valence-electron chi connectivity index (χ0n) is 9.43. The van der Waals surface area contributed by atoms with E-state index in [0.29, 0.717) is 18.2 Å². The Morgan fingerprint density at radius 1 is 1.31 bits per heavy atom. The van der Waals surface area contributed by atoms with E-state index < -0.39 is 0 Å². The number of likely N-dealkylation sites (tertiary alicyclic amines) is 1. The molecule has 0 aromatic carbocycles. The molecule has 2 fully saturated rings. The highest BCUT2D eigenvalue weighted by Crippen LogP contribution is 2.33. The van der Waals surface area contributed by atoms with Gasteiger partial charge in [-0.1, -0.05) is 5.16 Å². The maximum Gasteiger partial charge on any atom is 0.222 e. The lowest BCUT2D eigenvalue weighted by Crippen LogP contribution is -2.41.